The predicted molar refractivity (Wildman–Crippen MR) is 62.1 cm³/mol. The van der Waals surface area contributed by atoms with Gasteiger partial charge in [-0.25, -0.2) is 0 Å². The van der Waals surface area contributed by atoms with Crippen molar-refractivity contribution in [1.82, 2.24) is 10.2 Å². The zero-order chi connectivity index (χ0) is 11.6. The standard InChI is InChI=1S/C12H22N2O2/c1-13-12(5-3-2-4-6-12)7-11(16)14-8-10(15)9-14/h10,13,15H,2-9H2,1H3. The van der Waals surface area contributed by atoms with E-state index in [9.17, 15) is 9.90 Å². The topological polar surface area (TPSA) is 52.6 Å². The van der Waals surface area contributed by atoms with Crippen LogP contribution in [0.1, 0.15) is 38.5 Å². The molecule has 2 fully saturated rings. The normalized spacial score (nSPS) is 25.2. The molecule has 0 unspecified atom stereocenters. The molecular weight excluding hydrogens is 204 g/mol. The summed E-state index contributed by atoms with van der Waals surface area (Å²) in [5.41, 5.74) is 0.0237. The summed E-state index contributed by atoms with van der Waals surface area (Å²) in [5, 5.41) is 12.5. The number of amides is 1. The molecule has 0 spiro atoms. The Balaban J connectivity index is 1.88. The van der Waals surface area contributed by atoms with Crippen molar-refractivity contribution < 1.29 is 9.90 Å². The second-order valence-corrected chi connectivity index (χ2v) is 5.22. The van der Waals surface area contributed by atoms with Crippen LogP contribution in [0.25, 0.3) is 0 Å². The molecule has 4 heteroatoms. The number of likely N-dealkylation sites (tertiary alicyclic amines) is 1. The Morgan fingerprint density at radius 1 is 1.38 bits per heavy atom. The minimum atomic E-state index is -0.291. The molecule has 1 aliphatic carbocycles. The molecule has 92 valence electrons. The van der Waals surface area contributed by atoms with Gasteiger partial charge in [0.2, 0.25) is 5.91 Å². The number of nitrogens with zero attached hydrogens (tertiary/aromatic N) is 1. The summed E-state index contributed by atoms with van der Waals surface area (Å²) >= 11 is 0. The fourth-order valence-corrected chi connectivity index (χ4v) is 2.80. The monoisotopic (exact) mass is 226 g/mol. The van der Waals surface area contributed by atoms with Crippen molar-refractivity contribution in [3.8, 4) is 0 Å². The van der Waals surface area contributed by atoms with Crippen LogP contribution in [-0.4, -0.2) is 47.7 Å². The van der Waals surface area contributed by atoms with E-state index in [0.717, 1.165) is 12.8 Å². The van der Waals surface area contributed by atoms with Crippen molar-refractivity contribution in [2.24, 2.45) is 0 Å². The lowest BCUT2D eigenvalue weighted by Crippen LogP contribution is -2.56. The molecule has 2 N–H and O–H groups in total. The van der Waals surface area contributed by atoms with E-state index in [1.807, 2.05) is 7.05 Å². The maximum absolute atomic E-state index is 12.0. The molecule has 1 saturated heterocycles. The largest absolute Gasteiger partial charge is 0.389 e. The quantitative estimate of drug-likeness (QED) is 0.737. The summed E-state index contributed by atoms with van der Waals surface area (Å²) in [6.07, 6.45) is 6.24. The maximum Gasteiger partial charge on any atom is 0.224 e. The molecule has 4 nitrogen and oxygen atoms in total. The average molecular weight is 226 g/mol. The molecule has 1 saturated carbocycles. The van der Waals surface area contributed by atoms with Gasteiger partial charge in [0.25, 0.3) is 0 Å². The first-order valence-corrected chi connectivity index (χ1v) is 6.30. The average Bonchev–Trinajstić information content (AvgIpc) is 2.26. The number of hydrogen-bond donors (Lipinski definition) is 2. The van der Waals surface area contributed by atoms with Gasteiger partial charge in [-0.3, -0.25) is 4.79 Å². The lowest BCUT2D eigenvalue weighted by Gasteiger charge is -2.41. The van der Waals surface area contributed by atoms with Crippen LogP contribution in [0.2, 0.25) is 0 Å². The number of hydrogen-bond acceptors (Lipinski definition) is 3. The third-order valence-corrected chi connectivity index (χ3v) is 4.05. The molecule has 1 heterocycles. The zero-order valence-corrected chi connectivity index (χ0v) is 10.0. The second-order valence-electron chi connectivity index (χ2n) is 5.22. The fraction of sp³-hybridized carbons (Fsp3) is 0.917. The highest BCUT2D eigenvalue weighted by Gasteiger charge is 2.37. The summed E-state index contributed by atoms with van der Waals surface area (Å²) in [7, 11) is 1.96. The summed E-state index contributed by atoms with van der Waals surface area (Å²) < 4.78 is 0. The first kappa shape index (κ1) is 11.9. The highest BCUT2D eigenvalue weighted by molar-refractivity contribution is 5.78. The molecule has 0 aromatic carbocycles. The molecule has 0 radical (unpaired) electrons. The lowest BCUT2D eigenvalue weighted by molar-refractivity contribution is -0.143. The number of rotatable bonds is 3. The SMILES string of the molecule is CNC1(CC(=O)N2CC(O)C2)CCCCC1. The summed E-state index contributed by atoms with van der Waals surface area (Å²) in [5.74, 6) is 0.196. The third kappa shape index (κ3) is 2.38. The minimum Gasteiger partial charge on any atom is -0.389 e. The molecule has 0 aromatic rings. The van der Waals surface area contributed by atoms with Crippen LogP contribution in [0.4, 0.5) is 0 Å². The first-order valence-electron chi connectivity index (χ1n) is 6.30. The Bertz CT molecular complexity index is 256. The molecule has 1 amide bonds. The van der Waals surface area contributed by atoms with E-state index >= 15 is 0 Å². The van der Waals surface area contributed by atoms with Gasteiger partial charge in [0, 0.05) is 25.0 Å². The Hall–Kier alpha value is -0.610. The summed E-state index contributed by atoms with van der Waals surface area (Å²) in [6, 6.07) is 0. The smallest absolute Gasteiger partial charge is 0.224 e. The van der Waals surface area contributed by atoms with Crippen LogP contribution >= 0.6 is 0 Å². The Morgan fingerprint density at radius 2 is 2.00 bits per heavy atom. The van der Waals surface area contributed by atoms with E-state index < -0.39 is 0 Å². The van der Waals surface area contributed by atoms with E-state index in [0.29, 0.717) is 19.5 Å². The Morgan fingerprint density at radius 3 is 2.50 bits per heavy atom. The van der Waals surface area contributed by atoms with Gasteiger partial charge in [0.15, 0.2) is 0 Å². The number of aliphatic hydroxyl groups is 1. The van der Waals surface area contributed by atoms with E-state index in [4.69, 9.17) is 0 Å². The van der Waals surface area contributed by atoms with Gasteiger partial charge in [0.1, 0.15) is 0 Å². The lowest BCUT2D eigenvalue weighted by atomic mass is 9.79. The molecular formula is C12H22N2O2. The van der Waals surface area contributed by atoms with Crippen LogP contribution in [-0.2, 0) is 4.79 Å². The van der Waals surface area contributed by atoms with Crippen LogP contribution in [0.5, 0.6) is 0 Å². The number of nitrogens with one attached hydrogen (secondary N) is 1. The van der Waals surface area contributed by atoms with Crippen LogP contribution in [0.3, 0.4) is 0 Å². The summed E-state index contributed by atoms with van der Waals surface area (Å²) in [6.45, 7) is 1.05. The van der Waals surface area contributed by atoms with Crippen molar-refractivity contribution in [3.05, 3.63) is 0 Å². The Labute approximate surface area is 97.0 Å². The van der Waals surface area contributed by atoms with Crippen LogP contribution in [0, 0.1) is 0 Å². The molecule has 1 aliphatic heterocycles. The van der Waals surface area contributed by atoms with Gasteiger partial charge in [-0.1, -0.05) is 19.3 Å². The van der Waals surface area contributed by atoms with Crippen LogP contribution < -0.4 is 5.32 Å². The van der Waals surface area contributed by atoms with Crippen molar-refractivity contribution in [3.63, 3.8) is 0 Å². The van der Waals surface area contributed by atoms with Crippen molar-refractivity contribution in [2.45, 2.75) is 50.2 Å². The molecule has 0 bridgehead atoms. The number of β-amino-alcohol motifs (C(OH)–C–C–N with tert-alkyl or cyclic N) is 1. The van der Waals surface area contributed by atoms with Gasteiger partial charge in [0.05, 0.1) is 6.10 Å². The number of carbonyl (C=O) groups is 1. The van der Waals surface area contributed by atoms with Crippen molar-refractivity contribution >= 4 is 5.91 Å². The molecule has 0 atom stereocenters. The summed E-state index contributed by atoms with van der Waals surface area (Å²) in [4.78, 5) is 13.7. The molecule has 2 aliphatic rings. The fourth-order valence-electron chi connectivity index (χ4n) is 2.80. The number of aliphatic hydroxyl groups excluding tert-OH is 1. The molecule has 16 heavy (non-hydrogen) atoms. The van der Waals surface area contributed by atoms with E-state index in [1.54, 1.807) is 4.90 Å². The van der Waals surface area contributed by atoms with Gasteiger partial charge >= 0.3 is 0 Å². The highest BCUT2D eigenvalue weighted by Crippen LogP contribution is 2.31. The third-order valence-electron chi connectivity index (χ3n) is 4.05. The van der Waals surface area contributed by atoms with Crippen LogP contribution in [0.15, 0.2) is 0 Å². The van der Waals surface area contributed by atoms with Gasteiger partial charge in [-0.15, -0.1) is 0 Å². The van der Waals surface area contributed by atoms with E-state index in [1.165, 1.54) is 19.3 Å². The van der Waals surface area contributed by atoms with E-state index in [-0.39, 0.29) is 17.6 Å². The highest BCUT2D eigenvalue weighted by atomic mass is 16.3. The zero-order valence-electron chi connectivity index (χ0n) is 10.0. The van der Waals surface area contributed by atoms with E-state index in [2.05, 4.69) is 5.32 Å². The molecule has 2 rings (SSSR count). The number of carbonyl (C=O) groups excluding carboxylic acids is 1. The second kappa shape index (κ2) is 4.72. The predicted octanol–water partition coefficient (Wildman–Crippen LogP) is 0.502. The minimum absolute atomic E-state index is 0.0237. The van der Waals surface area contributed by atoms with Crippen molar-refractivity contribution in [2.75, 3.05) is 20.1 Å². The van der Waals surface area contributed by atoms with Crippen molar-refractivity contribution in [1.29, 1.82) is 0 Å². The van der Waals surface area contributed by atoms with Gasteiger partial charge < -0.3 is 15.3 Å². The molecule has 0 aromatic heterocycles. The van der Waals surface area contributed by atoms with Gasteiger partial charge in [-0.05, 0) is 19.9 Å². The first-order chi connectivity index (χ1) is 7.65. The maximum atomic E-state index is 12.0. The van der Waals surface area contributed by atoms with Gasteiger partial charge in [-0.2, -0.15) is 0 Å². The Kier molecular flexibility index (Phi) is 3.50.